The summed E-state index contributed by atoms with van der Waals surface area (Å²) in [5.41, 5.74) is 0.863. The molecule has 0 heterocycles. The average Bonchev–Trinajstić information content (AvgIpc) is 2.39. The highest BCUT2D eigenvalue weighted by Crippen LogP contribution is 2.29. The summed E-state index contributed by atoms with van der Waals surface area (Å²) in [4.78, 5) is 11.5. The molecule has 0 saturated heterocycles. The van der Waals surface area contributed by atoms with Gasteiger partial charge in [0, 0.05) is 0 Å². The molecule has 3 nitrogen and oxygen atoms in total. The molecule has 0 aromatic heterocycles. The van der Waals surface area contributed by atoms with Crippen molar-refractivity contribution in [2.24, 2.45) is 0 Å². The molecule has 100 valence electrons. The van der Waals surface area contributed by atoms with Crippen molar-refractivity contribution < 1.29 is 14.6 Å². The summed E-state index contributed by atoms with van der Waals surface area (Å²) in [5, 5.41) is 10.6. The third-order valence-electron chi connectivity index (χ3n) is 3.23. The Morgan fingerprint density at radius 3 is 2.28 bits per heavy atom. The fourth-order valence-corrected chi connectivity index (χ4v) is 1.93. The van der Waals surface area contributed by atoms with Crippen molar-refractivity contribution in [2.45, 2.75) is 45.6 Å². The normalized spacial score (nSPS) is 14.0. The van der Waals surface area contributed by atoms with Crippen LogP contribution in [0.3, 0.4) is 0 Å². The lowest BCUT2D eigenvalue weighted by Crippen LogP contribution is -2.29. The number of hydrogen-bond acceptors (Lipinski definition) is 3. The maximum absolute atomic E-state index is 11.5. The molecular weight excluding hydrogens is 228 g/mol. The van der Waals surface area contributed by atoms with Crippen molar-refractivity contribution in [1.29, 1.82) is 0 Å². The zero-order chi connectivity index (χ0) is 13.6. The molecule has 0 bridgehead atoms. The van der Waals surface area contributed by atoms with Crippen molar-refractivity contribution in [3.8, 4) is 0 Å². The van der Waals surface area contributed by atoms with Crippen LogP contribution < -0.4 is 0 Å². The first kappa shape index (κ1) is 14.7. The molecule has 18 heavy (non-hydrogen) atoms. The van der Waals surface area contributed by atoms with Gasteiger partial charge in [-0.2, -0.15) is 0 Å². The summed E-state index contributed by atoms with van der Waals surface area (Å²) in [6.45, 7) is 6.05. The van der Waals surface area contributed by atoms with Gasteiger partial charge < -0.3 is 9.84 Å². The van der Waals surface area contributed by atoms with Crippen molar-refractivity contribution >= 4 is 5.97 Å². The predicted octanol–water partition coefficient (Wildman–Crippen LogP) is 2.80. The standard InChI is InChI=1S/C15H22O3/c1-4-12-7-9-13(10-8-12)15(17,5-2)11-14(16)18-6-3/h7-10,17H,4-6,11H2,1-3H3. The quantitative estimate of drug-likeness (QED) is 0.790. The van der Waals surface area contributed by atoms with Gasteiger partial charge in [0.15, 0.2) is 0 Å². The van der Waals surface area contributed by atoms with E-state index in [0.717, 1.165) is 12.0 Å². The Bertz CT molecular complexity index is 383. The Balaban J connectivity index is 2.88. The molecule has 1 rings (SSSR count). The number of aliphatic hydroxyl groups is 1. The van der Waals surface area contributed by atoms with Gasteiger partial charge in [-0.1, -0.05) is 38.1 Å². The highest BCUT2D eigenvalue weighted by atomic mass is 16.5. The number of aryl methyl sites for hydroxylation is 1. The topological polar surface area (TPSA) is 46.5 Å². The minimum Gasteiger partial charge on any atom is -0.466 e. The molecule has 1 aromatic rings. The number of carbonyl (C=O) groups is 1. The highest BCUT2D eigenvalue weighted by molar-refractivity contribution is 5.71. The van der Waals surface area contributed by atoms with Gasteiger partial charge in [0.1, 0.15) is 0 Å². The fraction of sp³-hybridized carbons (Fsp3) is 0.533. The zero-order valence-electron chi connectivity index (χ0n) is 11.4. The average molecular weight is 250 g/mol. The zero-order valence-corrected chi connectivity index (χ0v) is 11.4. The van der Waals surface area contributed by atoms with E-state index in [1.54, 1.807) is 6.92 Å². The van der Waals surface area contributed by atoms with Crippen LogP contribution in [0.25, 0.3) is 0 Å². The first-order chi connectivity index (χ1) is 8.55. The second-order valence-corrected chi connectivity index (χ2v) is 4.42. The summed E-state index contributed by atoms with van der Waals surface area (Å²) < 4.78 is 4.91. The van der Waals surface area contributed by atoms with Gasteiger partial charge in [-0.05, 0) is 30.9 Å². The molecule has 0 radical (unpaired) electrons. The Hall–Kier alpha value is -1.35. The van der Waals surface area contributed by atoms with E-state index in [1.807, 2.05) is 31.2 Å². The summed E-state index contributed by atoms with van der Waals surface area (Å²) in [5.74, 6) is -0.360. The van der Waals surface area contributed by atoms with Crippen LogP contribution in [-0.2, 0) is 21.6 Å². The lowest BCUT2D eigenvalue weighted by atomic mass is 9.87. The second-order valence-electron chi connectivity index (χ2n) is 4.42. The lowest BCUT2D eigenvalue weighted by molar-refractivity contribution is -0.149. The lowest BCUT2D eigenvalue weighted by Gasteiger charge is -2.26. The van der Waals surface area contributed by atoms with Crippen molar-refractivity contribution in [3.05, 3.63) is 35.4 Å². The van der Waals surface area contributed by atoms with E-state index >= 15 is 0 Å². The number of ether oxygens (including phenoxy) is 1. The maximum Gasteiger partial charge on any atom is 0.309 e. The first-order valence-electron chi connectivity index (χ1n) is 6.53. The van der Waals surface area contributed by atoms with Gasteiger partial charge in [0.2, 0.25) is 0 Å². The van der Waals surface area contributed by atoms with Crippen LogP contribution in [0.5, 0.6) is 0 Å². The van der Waals surface area contributed by atoms with Crippen LogP contribution in [0.1, 0.15) is 44.7 Å². The molecule has 1 aromatic carbocycles. The molecule has 0 saturated carbocycles. The van der Waals surface area contributed by atoms with Gasteiger partial charge in [-0.3, -0.25) is 4.79 Å². The van der Waals surface area contributed by atoms with Gasteiger partial charge >= 0.3 is 5.97 Å². The Labute approximate surface area is 109 Å². The van der Waals surface area contributed by atoms with Gasteiger partial charge in [-0.25, -0.2) is 0 Å². The highest BCUT2D eigenvalue weighted by Gasteiger charge is 2.30. The molecule has 0 aliphatic rings. The predicted molar refractivity (Wildman–Crippen MR) is 71.3 cm³/mol. The van der Waals surface area contributed by atoms with Crippen molar-refractivity contribution in [2.75, 3.05) is 6.61 Å². The van der Waals surface area contributed by atoms with Crippen LogP contribution in [0.4, 0.5) is 0 Å². The summed E-state index contributed by atoms with van der Waals surface area (Å²) in [6, 6.07) is 7.76. The summed E-state index contributed by atoms with van der Waals surface area (Å²) in [6.07, 6.45) is 1.45. The molecule has 3 heteroatoms. The second kappa shape index (κ2) is 6.55. The van der Waals surface area contributed by atoms with Crippen LogP contribution in [-0.4, -0.2) is 17.7 Å². The molecule has 1 atom stereocenters. The van der Waals surface area contributed by atoms with Crippen LogP contribution in [0, 0.1) is 0 Å². The van der Waals surface area contributed by atoms with Crippen LogP contribution >= 0.6 is 0 Å². The number of rotatable bonds is 6. The smallest absolute Gasteiger partial charge is 0.309 e. The first-order valence-corrected chi connectivity index (χ1v) is 6.53. The Morgan fingerprint density at radius 1 is 1.22 bits per heavy atom. The molecular formula is C15H22O3. The van der Waals surface area contributed by atoms with E-state index in [-0.39, 0.29) is 12.4 Å². The Morgan fingerprint density at radius 2 is 1.83 bits per heavy atom. The third kappa shape index (κ3) is 3.57. The van der Waals surface area contributed by atoms with E-state index in [1.165, 1.54) is 5.56 Å². The molecule has 0 amide bonds. The van der Waals surface area contributed by atoms with E-state index in [0.29, 0.717) is 13.0 Å². The number of benzene rings is 1. The molecule has 1 unspecified atom stereocenters. The van der Waals surface area contributed by atoms with E-state index < -0.39 is 5.60 Å². The van der Waals surface area contributed by atoms with E-state index in [2.05, 4.69) is 6.92 Å². The van der Waals surface area contributed by atoms with Crippen molar-refractivity contribution in [3.63, 3.8) is 0 Å². The van der Waals surface area contributed by atoms with E-state index in [4.69, 9.17) is 4.74 Å². The number of carbonyl (C=O) groups excluding carboxylic acids is 1. The molecule has 0 aliphatic carbocycles. The molecule has 0 aliphatic heterocycles. The third-order valence-corrected chi connectivity index (χ3v) is 3.23. The molecule has 0 spiro atoms. The summed E-state index contributed by atoms with van der Waals surface area (Å²) >= 11 is 0. The summed E-state index contributed by atoms with van der Waals surface area (Å²) in [7, 11) is 0. The minimum absolute atomic E-state index is 0.00279. The van der Waals surface area contributed by atoms with Crippen molar-refractivity contribution in [1.82, 2.24) is 0 Å². The Kier molecular flexibility index (Phi) is 5.35. The van der Waals surface area contributed by atoms with Crippen LogP contribution in [0.15, 0.2) is 24.3 Å². The van der Waals surface area contributed by atoms with E-state index in [9.17, 15) is 9.90 Å². The largest absolute Gasteiger partial charge is 0.466 e. The van der Waals surface area contributed by atoms with Gasteiger partial charge in [0.25, 0.3) is 0 Å². The maximum atomic E-state index is 11.5. The van der Waals surface area contributed by atoms with Gasteiger partial charge in [0.05, 0.1) is 18.6 Å². The van der Waals surface area contributed by atoms with Gasteiger partial charge in [-0.15, -0.1) is 0 Å². The molecule has 0 fully saturated rings. The van der Waals surface area contributed by atoms with Crippen LogP contribution in [0.2, 0.25) is 0 Å². The molecule has 1 N–H and O–H groups in total. The fourth-order valence-electron chi connectivity index (χ4n) is 1.93. The monoisotopic (exact) mass is 250 g/mol. The number of esters is 1. The SMILES string of the molecule is CCOC(=O)CC(O)(CC)c1ccc(CC)cc1. The minimum atomic E-state index is -1.13. The number of hydrogen-bond donors (Lipinski definition) is 1.